The predicted molar refractivity (Wildman–Crippen MR) is 94.6 cm³/mol. The number of ether oxygens (including phenoxy) is 2. The van der Waals surface area contributed by atoms with Gasteiger partial charge in [-0.05, 0) is 24.3 Å². The molecule has 1 aromatic carbocycles. The van der Waals surface area contributed by atoms with Crippen molar-refractivity contribution in [2.45, 2.75) is 6.54 Å². The van der Waals surface area contributed by atoms with Gasteiger partial charge in [-0.3, -0.25) is 4.98 Å². The first-order chi connectivity index (χ1) is 12.7. The molecule has 26 heavy (non-hydrogen) atoms. The number of carbonyl (C=O) groups excluding carboxylic acids is 1. The maximum Gasteiger partial charge on any atom is 0.319 e. The lowest BCUT2D eigenvalue weighted by atomic mass is 10.2. The van der Waals surface area contributed by atoms with Gasteiger partial charge >= 0.3 is 6.03 Å². The molecule has 0 aliphatic carbocycles. The number of anilines is 1. The summed E-state index contributed by atoms with van der Waals surface area (Å²) in [6.07, 6.45) is 5.08. The number of benzene rings is 1. The summed E-state index contributed by atoms with van der Waals surface area (Å²) in [5.41, 5.74) is 1.96. The maximum atomic E-state index is 12.1. The zero-order valence-corrected chi connectivity index (χ0v) is 14.3. The number of carbonyl (C=O) groups is 1. The number of nitrogens with one attached hydrogen (secondary N) is 2. The fourth-order valence-electron chi connectivity index (χ4n) is 2.33. The molecule has 0 saturated carbocycles. The average Bonchev–Trinajstić information content (AvgIpc) is 3.16. The van der Waals surface area contributed by atoms with Crippen LogP contribution >= 0.6 is 0 Å². The third-order valence-electron chi connectivity index (χ3n) is 3.55. The van der Waals surface area contributed by atoms with E-state index in [1.165, 1.54) is 14.2 Å². The van der Waals surface area contributed by atoms with Crippen LogP contribution in [-0.4, -0.2) is 40.2 Å². The molecule has 0 unspecified atom stereocenters. The van der Waals surface area contributed by atoms with Crippen LogP contribution in [0, 0.1) is 0 Å². The molecule has 2 N–H and O–H groups in total. The standard InChI is InChI=1S/C17H18N6O3/c1-25-15-5-3-4-14(16(15)26-2)20-17(24)19-10-12-11-23(22-21-12)13-6-8-18-9-7-13/h3-9,11H,10H2,1-2H3,(H2,19,20,24). The molecule has 3 aromatic rings. The van der Waals surface area contributed by atoms with E-state index in [0.717, 1.165) is 5.69 Å². The van der Waals surface area contributed by atoms with Crippen molar-refractivity contribution in [3.8, 4) is 17.2 Å². The van der Waals surface area contributed by atoms with Crippen molar-refractivity contribution in [2.24, 2.45) is 0 Å². The van der Waals surface area contributed by atoms with Gasteiger partial charge in [0.1, 0.15) is 5.69 Å². The zero-order valence-electron chi connectivity index (χ0n) is 14.3. The molecule has 2 amide bonds. The molecule has 134 valence electrons. The van der Waals surface area contributed by atoms with Gasteiger partial charge in [-0.1, -0.05) is 11.3 Å². The van der Waals surface area contributed by atoms with Crippen molar-refractivity contribution in [2.75, 3.05) is 19.5 Å². The van der Waals surface area contributed by atoms with E-state index < -0.39 is 6.03 Å². The number of para-hydroxylation sites is 1. The molecule has 2 heterocycles. The Kier molecular flexibility index (Phi) is 5.28. The highest BCUT2D eigenvalue weighted by molar-refractivity contribution is 5.91. The van der Waals surface area contributed by atoms with E-state index in [9.17, 15) is 4.79 Å². The highest BCUT2D eigenvalue weighted by Crippen LogP contribution is 2.34. The van der Waals surface area contributed by atoms with Gasteiger partial charge in [0.2, 0.25) is 0 Å². The lowest BCUT2D eigenvalue weighted by Crippen LogP contribution is -2.28. The largest absolute Gasteiger partial charge is 0.493 e. The van der Waals surface area contributed by atoms with Crippen molar-refractivity contribution in [3.63, 3.8) is 0 Å². The third-order valence-corrected chi connectivity index (χ3v) is 3.55. The number of nitrogens with zero attached hydrogens (tertiary/aromatic N) is 4. The summed E-state index contributed by atoms with van der Waals surface area (Å²) >= 11 is 0. The van der Waals surface area contributed by atoms with E-state index in [1.54, 1.807) is 41.5 Å². The van der Waals surface area contributed by atoms with E-state index in [4.69, 9.17) is 9.47 Å². The van der Waals surface area contributed by atoms with Gasteiger partial charge in [0.25, 0.3) is 0 Å². The summed E-state index contributed by atoms with van der Waals surface area (Å²) in [6.45, 7) is 0.225. The summed E-state index contributed by atoms with van der Waals surface area (Å²) < 4.78 is 12.1. The lowest BCUT2D eigenvalue weighted by molar-refractivity contribution is 0.251. The number of methoxy groups -OCH3 is 2. The highest BCUT2D eigenvalue weighted by Gasteiger charge is 2.12. The van der Waals surface area contributed by atoms with Crippen molar-refractivity contribution in [3.05, 3.63) is 54.6 Å². The Morgan fingerprint density at radius 3 is 2.69 bits per heavy atom. The molecule has 0 spiro atoms. The molecular formula is C17H18N6O3. The number of urea groups is 1. The number of amides is 2. The Balaban J connectivity index is 1.61. The van der Waals surface area contributed by atoms with Crippen LogP contribution in [0.5, 0.6) is 11.5 Å². The first kappa shape index (κ1) is 17.2. The first-order valence-corrected chi connectivity index (χ1v) is 7.78. The van der Waals surface area contributed by atoms with Crippen LogP contribution in [0.15, 0.2) is 48.9 Å². The molecule has 9 nitrogen and oxygen atoms in total. The average molecular weight is 354 g/mol. The second-order valence-electron chi connectivity index (χ2n) is 5.21. The molecule has 0 aliphatic heterocycles. The maximum absolute atomic E-state index is 12.1. The lowest BCUT2D eigenvalue weighted by Gasteiger charge is -2.13. The summed E-state index contributed by atoms with van der Waals surface area (Å²) in [4.78, 5) is 16.1. The second-order valence-corrected chi connectivity index (χ2v) is 5.21. The van der Waals surface area contributed by atoms with Crippen LogP contribution < -0.4 is 20.1 Å². The van der Waals surface area contributed by atoms with Gasteiger partial charge in [0, 0.05) is 12.4 Å². The van der Waals surface area contributed by atoms with Crippen molar-refractivity contribution < 1.29 is 14.3 Å². The first-order valence-electron chi connectivity index (χ1n) is 7.78. The van der Waals surface area contributed by atoms with Crippen LogP contribution in [-0.2, 0) is 6.54 Å². The smallest absolute Gasteiger partial charge is 0.319 e. The monoisotopic (exact) mass is 354 g/mol. The van der Waals surface area contributed by atoms with E-state index in [0.29, 0.717) is 22.9 Å². The Labute approximate surface area is 150 Å². The van der Waals surface area contributed by atoms with E-state index in [-0.39, 0.29) is 6.54 Å². The Bertz CT molecular complexity index is 881. The SMILES string of the molecule is COc1cccc(NC(=O)NCc2cn(-c3ccncc3)nn2)c1OC. The second kappa shape index (κ2) is 7.97. The van der Waals surface area contributed by atoms with Crippen molar-refractivity contribution in [1.29, 1.82) is 0 Å². The summed E-state index contributed by atoms with van der Waals surface area (Å²) in [5, 5.41) is 13.5. The normalized spacial score (nSPS) is 10.2. The minimum atomic E-state index is -0.394. The van der Waals surface area contributed by atoms with Crippen LogP contribution in [0.3, 0.4) is 0 Å². The van der Waals surface area contributed by atoms with Gasteiger partial charge in [-0.2, -0.15) is 0 Å². The number of aromatic nitrogens is 4. The molecular weight excluding hydrogens is 336 g/mol. The van der Waals surface area contributed by atoms with Gasteiger partial charge < -0.3 is 20.1 Å². The summed E-state index contributed by atoms with van der Waals surface area (Å²) in [5.74, 6) is 0.986. The van der Waals surface area contributed by atoms with E-state index >= 15 is 0 Å². The van der Waals surface area contributed by atoms with Gasteiger partial charge in [-0.15, -0.1) is 5.10 Å². The number of hydrogen-bond acceptors (Lipinski definition) is 6. The Morgan fingerprint density at radius 2 is 1.96 bits per heavy atom. The minimum absolute atomic E-state index is 0.225. The molecule has 2 aromatic heterocycles. The molecule has 0 atom stereocenters. The third kappa shape index (κ3) is 3.89. The topological polar surface area (TPSA) is 103 Å². The molecule has 9 heteroatoms. The Hall–Kier alpha value is -3.62. The molecule has 0 aliphatic rings. The van der Waals surface area contributed by atoms with Crippen LogP contribution in [0.4, 0.5) is 10.5 Å². The molecule has 3 rings (SSSR count). The van der Waals surface area contributed by atoms with Crippen LogP contribution in [0.25, 0.3) is 5.69 Å². The fraction of sp³-hybridized carbons (Fsp3) is 0.176. The zero-order chi connectivity index (χ0) is 18.4. The predicted octanol–water partition coefficient (Wildman–Crippen LogP) is 2.00. The molecule has 0 fully saturated rings. The minimum Gasteiger partial charge on any atom is -0.493 e. The highest BCUT2D eigenvalue weighted by atomic mass is 16.5. The van der Waals surface area contributed by atoms with Gasteiger partial charge in [0.15, 0.2) is 11.5 Å². The molecule has 0 bridgehead atoms. The summed E-state index contributed by atoms with van der Waals surface area (Å²) in [7, 11) is 3.05. The Morgan fingerprint density at radius 1 is 1.15 bits per heavy atom. The van der Waals surface area contributed by atoms with Crippen molar-refractivity contribution in [1.82, 2.24) is 25.3 Å². The molecule has 0 radical (unpaired) electrons. The van der Waals surface area contributed by atoms with E-state index in [2.05, 4.69) is 25.9 Å². The van der Waals surface area contributed by atoms with Crippen LogP contribution in [0.2, 0.25) is 0 Å². The number of rotatable bonds is 6. The number of hydrogen-bond donors (Lipinski definition) is 2. The van der Waals surface area contributed by atoms with E-state index in [1.807, 2.05) is 12.1 Å². The quantitative estimate of drug-likeness (QED) is 0.702. The van der Waals surface area contributed by atoms with Gasteiger partial charge in [-0.25, -0.2) is 9.48 Å². The van der Waals surface area contributed by atoms with Crippen LogP contribution in [0.1, 0.15) is 5.69 Å². The van der Waals surface area contributed by atoms with Gasteiger partial charge in [0.05, 0.1) is 38.3 Å². The fourth-order valence-corrected chi connectivity index (χ4v) is 2.33. The summed E-state index contributed by atoms with van der Waals surface area (Å²) in [6, 6.07) is 8.47. The molecule has 0 saturated heterocycles. The number of pyridine rings is 1. The van der Waals surface area contributed by atoms with Crippen molar-refractivity contribution >= 4 is 11.7 Å².